The standard InChI is InChI=1S/C30H56N4O10SSi/c1-30(2,3)46(5,6)44-21-23(20-42-29(37)34-45(38,39)32-16-17-41-19-18-40-4)33-27(35)14-11-15-31-28(36)43-22-26-24-12-9-7-8-10-13-25(24)26/h7-8,23-26,32H,9-22H2,1-6H3,(H,31,36)(H,33,35)(H,34,37)/b8-7-/t23-,24-,25+,26?/m1/s1. The lowest BCUT2D eigenvalue weighted by molar-refractivity contribution is -0.122. The van der Waals surface area contributed by atoms with Crippen molar-refractivity contribution in [3.05, 3.63) is 12.2 Å². The van der Waals surface area contributed by atoms with E-state index in [1.807, 2.05) is 0 Å². The van der Waals surface area contributed by atoms with E-state index < -0.39 is 36.8 Å². The third kappa shape index (κ3) is 15.6. The summed E-state index contributed by atoms with van der Waals surface area (Å²) in [6, 6.07) is -0.721. The summed E-state index contributed by atoms with van der Waals surface area (Å²) in [6.07, 6.45) is 7.72. The summed E-state index contributed by atoms with van der Waals surface area (Å²) in [6.45, 7) is 11.5. The number of nitrogens with one attached hydrogen (secondary N) is 4. The minimum Gasteiger partial charge on any atom is -0.449 e. The number of hydrogen-bond donors (Lipinski definition) is 4. The second kappa shape index (κ2) is 19.5. The molecule has 0 bridgehead atoms. The highest BCUT2D eigenvalue weighted by Crippen LogP contribution is 2.52. The lowest BCUT2D eigenvalue weighted by Crippen LogP contribution is -2.49. The molecule has 1 unspecified atom stereocenters. The molecule has 0 aliphatic heterocycles. The molecule has 2 aliphatic rings. The Kier molecular flexibility index (Phi) is 17.0. The van der Waals surface area contributed by atoms with Gasteiger partial charge in [-0.2, -0.15) is 13.1 Å². The van der Waals surface area contributed by atoms with Crippen molar-refractivity contribution >= 4 is 36.6 Å². The quantitative estimate of drug-likeness (QED) is 0.0841. The van der Waals surface area contributed by atoms with Crippen molar-refractivity contribution in [2.75, 3.05) is 59.8 Å². The molecule has 1 fully saturated rings. The van der Waals surface area contributed by atoms with Gasteiger partial charge in [0.2, 0.25) is 5.91 Å². The van der Waals surface area contributed by atoms with Crippen LogP contribution in [-0.2, 0) is 38.4 Å². The maximum Gasteiger partial charge on any atom is 0.421 e. The normalized spacial score (nSPS) is 21.1. The van der Waals surface area contributed by atoms with Gasteiger partial charge >= 0.3 is 22.4 Å². The summed E-state index contributed by atoms with van der Waals surface area (Å²) in [4.78, 5) is 37.2. The fourth-order valence-corrected chi connectivity index (χ4v) is 6.66. The van der Waals surface area contributed by atoms with Crippen molar-refractivity contribution < 1.29 is 46.2 Å². The van der Waals surface area contributed by atoms with Gasteiger partial charge in [-0.3, -0.25) is 4.79 Å². The van der Waals surface area contributed by atoms with Gasteiger partial charge in [-0.1, -0.05) is 32.9 Å². The van der Waals surface area contributed by atoms with E-state index in [4.69, 9.17) is 23.4 Å². The number of amides is 3. The van der Waals surface area contributed by atoms with E-state index in [1.165, 1.54) is 7.11 Å². The number of carbonyl (C=O) groups is 3. The first-order valence-corrected chi connectivity index (χ1v) is 20.5. The van der Waals surface area contributed by atoms with Crippen molar-refractivity contribution in [2.45, 2.75) is 83.5 Å². The van der Waals surface area contributed by atoms with Crippen molar-refractivity contribution in [1.82, 2.24) is 20.1 Å². The van der Waals surface area contributed by atoms with Crippen LogP contribution in [0.4, 0.5) is 9.59 Å². The summed E-state index contributed by atoms with van der Waals surface area (Å²) >= 11 is 0. The van der Waals surface area contributed by atoms with Gasteiger partial charge in [0.05, 0.1) is 39.1 Å². The number of rotatable bonds is 20. The molecule has 0 aromatic rings. The maximum atomic E-state index is 12.7. The Morgan fingerprint density at radius 3 is 2.24 bits per heavy atom. The Labute approximate surface area is 275 Å². The fourth-order valence-electron chi connectivity index (χ4n) is 4.90. The molecule has 0 radical (unpaired) electrons. The monoisotopic (exact) mass is 692 g/mol. The van der Waals surface area contributed by atoms with Crippen molar-refractivity contribution in [3.8, 4) is 0 Å². The third-order valence-corrected chi connectivity index (χ3v) is 14.2. The zero-order chi connectivity index (χ0) is 34.2. The molecule has 16 heteroatoms. The van der Waals surface area contributed by atoms with Gasteiger partial charge in [-0.05, 0) is 68.0 Å². The molecule has 4 atom stereocenters. The maximum absolute atomic E-state index is 12.7. The van der Waals surface area contributed by atoms with Crippen LogP contribution in [0.3, 0.4) is 0 Å². The number of fused-ring (bicyclic) bond motifs is 1. The molecule has 0 saturated heterocycles. The predicted molar refractivity (Wildman–Crippen MR) is 176 cm³/mol. The van der Waals surface area contributed by atoms with Crippen LogP contribution >= 0.6 is 0 Å². The first kappa shape index (κ1) is 39.9. The molecule has 14 nitrogen and oxygen atoms in total. The smallest absolute Gasteiger partial charge is 0.421 e. The second-order valence-corrected chi connectivity index (χ2v) is 19.6. The topological polar surface area (TPSA) is 180 Å². The van der Waals surface area contributed by atoms with Crippen LogP contribution in [0.25, 0.3) is 0 Å². The van der Waals surface area contributed by atoms with E-state index in [9.17, 15) is 22.8 Å². The van der Waals surface area contributed by atoms with Gasteiger partial charge in [-0.25, -0.2) is 14.3 Å². The molecule has 2 aliphatic carbocycles. The number of carbonyl (C=O) groups excluding carboxylic acids is 3. The molecular formula is C30H56N4O10SSi. The van der Waals surface area contributed by atoms with E-state index >= 15 is 0 Å². The van der Waals surface area contributed by atoms with E-state index in [0.29, 0.717) is 44.0 Å². The van der Waals surface area contributed by atoms with Crippen LogP contribution < -0.4 is 20.1 Å². The number of hydrogen-bond acceptors (Lipinski definition) is 10. The molecule has 0 aromatic heterocycles. The SMILES string of the molecule is COCCOCCNS(=O)(=O)NC(=O)OC[C@H](CO[Si](C)(C)C(C)(C)C)NC(=O)CCCNC(=O)OCC1[C@H]2CC/C=C\CC[C@@H]12. The van der Waals surface area contributed by atoms with E-state index in [0.717, 1.165) is 25.7 Å². The molecule has 1 saturated carbocycles. The molecule has 4 N–H and O–H groups in total. The van der Waals surface area contributed by atoms with Crippen molar-refractivity contribution in [2.24, 2.45) is 17.8 Å². The van der Waals surface area contributed by atoms with Gasteiger partial charge in [0, 0.05) is 26.6 Å². The molecule has 0 aromatic carbocycles. The zero-order valence-corrected chi connectivity index (χ0v) is 30.2. The lowest BCUT2D eigenvalue weighted by atomic mass is 10.1. The molecule has 46 heavy (non-hydrogen) atoms. The van der Waals surface area contributed by atoms with Gasteiger partial charge in [0.25, 0.3) is 0 Å². The van der Waals surface area contributed by atoms with Crippen LogP contribution in [0.5, 0.6) is 0 Å². The second-order valence-electron chi connectivity index (χ2n) is 13.3. The Hall–Kier alpha value is -2.24. The minimum atomic E-state index is -4.18. The fraction of sp³-hybridized carbons (Fsp3) is 0.833. The number of alkyl carbamates (subject to hydrolysis) is 1. The first-order chi connectivity index (χ1) is 21.6. The summed E-state index contributed by atoms with van der Waals surface area (Å²) in [7, 11) is -4.87. The highest BCUT2D eigenvalue weighted by Gasteiger charge is 2.49. The Morgan fingerprint density at radius 1 is 0.935 bits per heavy atom. The van der Waals surface area contributed by atoms with Crippen LogP contribution in [0.1, 0.15) is 59.3 Å². The predicted octanol–water partition coefficient (Wildman–Crippen LogP) is 3.22. The van der Waals surface area contributed by atoms with Gasteiger partial charge in [0.15, 0.2) is 8.32 Å². The number of methoxy groups -OCH3 is 1. The van der Waals surface area contributed by atoms with E-state index in [2.05, 4.69) is 61.4 Å². The van der Waals surface area contributed by atoms with Crippen molar-refractivity contribution in [3.63, 3.8) is 0 Å². The third-order valence-electron chi connectivity index (χ3n) is 8.69. The Morgan fingerprint density at radius 2 is 1.61 bits per heavy atom. The first-order valence-electron chi connectivity index (χ1n) is 16.1. The average molecular weight is 693 g/mol. The van der Waals surface area contributed by atoms with Crippen LogP contribution in [0.15, 0.2) is 12.2 Å². The van der Waals surface area contributed by atoms with Gasteiger partial charge in [-0.15, -0.1) is 0 Å². The van der Waals surface area contributed by atoms with Crippen LogP contribution in [0.2, 0.25) is 18.1 Å². The van der Waals surface area contributed by atoms with E-state index in [1.54, 1.807) is 4.72 Å². The van der Waals surface area contributed by atoms with Crippen molar-refractivity contribution in [1.29, 1.82) is 0 Å². The van der Waals surface area contributed by atoms with Gasteiger partial charge in [0.1, 0.15) is 6.61 Å². The largest absolute Gasteiger partial charge is 0.449 e. The number of allylic oxidation sites excluding steroid dienone is 2. The summed E-state index contributed by atoms with van der Waals surface area (Å²) in [5, 5.41) is 5.41. The molecule has 2 rings (SSSR count). The van der Waals surface area contributed by atoms with Crippen LogP contribution in [-0.4, -0.2) is 101 Å². The molecule has 266 valence electrons. The zero-order valence-electron chi connectivity index (χ0n) is 28.4. The molecular weight excluding hydrogens is 637 g/mol. The molecule has 0 heterocycles. The number of ether oxygens (including phenoxy) is 4. The highest BCUT2D eigenvalue weighted by atomic mass is 32.2. The highest BCUT2D eigenvalue weighted by molar-refractivity contribution is 7.88. The Bertz CT molecular complexity index is 1080. The average Bonchev–Trinajstić information content (AvgIpc) is 3.60. The Balaban J connectivity index is 1.75. The van der Waals surface area contributed by atoms with Gasteiger partial charge < -0.3 is 34.0 Å². The summed E-state index contributed by atoms with van der Waals surface area (Å²) < 4.78 is 55.1. The van der Waals surface area contributed by atoms with Crippen LogP contribution in [0, 0.1) is 17.8 Å². The minimum absolute atomic E-state index is 0.0582. The molecule has 3 amide bonds. The lowest BCUT2D eigenvalue weighted by Gasteiger charge is -2.37. The van der Waals surface area contributed by atoms with E-state index in [-0.39, 0.29) is 50.3 Å². The summed E-state index contributed by atoms with van der Waals surface area (Å²) in [5.41, 5.74) is 0. The summed E-state index contributed by atoms with van der Waals surface area (Å²) in [5.74, 6) is 1.40. The molecule has 0 spiro atoms.